The molecule has 0 aromatic heterocycles. The fourth-order valence-electron chi connectivity index (χ4n) is 0.766. The molecule has 1 N–H and O–H groups in total. The summed E-state index contributed by atoms with van der Waals surface area (Å²) in [6.45, 7) is 2.43. The number of hydrogen-bond acceptors (Lipinski definition) is 4. The summed E-state index contributed by atoms with van der Waals surface area (Å²) >= 11 is 1.60. The van der Waals surface area contributed by atoms with Gasteiger partial charge < -0.3 is 10.1 Å². The van der Waals surface area contributed by atoms with E-state index in [1.165, 1.54) is 7.11 Å². The molecule has 82 valence electrons. The van der Waals surface area contributed by atoms with Crippen LogP contribution in [0.1, 0.15) is 19.8 Å². The highest BCUT2D eigenvalue weighted by Crippen LogP contribution is 2.00. The average molecular weight is 219 g/mol. The van der Waals surface area contributed by atoms with Crippen molar-refractivity contribution in [1.82, 2.24) is 5.32 Å². The summed E-state index contributed by atoms with van der Waals surface area (Å²) in [4.78, 5) is 21.8. The molecule has 0 aliphatic rings. The standard InChI is InChI=1S/C9H17NO3S/c1-3-6-14-7-8(11)10-5-4-9(12)13-2/h3-7H2,1-2H3,(H,10,11). The minimum Gasteiger partial charge on any atom is -0.469 e. The summed E-state index contributed by atoms with van der Waals surface area (Å²) in [5.41, 5.74) is 0. The topological polar surface area (TPSA) is 55.4 Å². The van der Waals surface area contributed by atoms with Crippen molar-refractivity contribution in [3.63, 3.8) is 0 Å². The molecule has 0 atom stereocenters. The SMILES string of the molecule is CCCSCC(=O)NCCC(=O)OC. The van der Waals surface area contributed by atoms with Crippen LogP contribution in [0.3, 0.4) is 0 Å². The van der Waals surface area contributed by atoms with Gasteiger partial charge in [0.05, 0.1) is 19.3 Å². The van der Waals surface area contributed by atoms with Crippen LogP contribution >= 0.6 is 11.8 Å². The molecular formula is C9H17NO3S. The molecule has 0 unspecified atom stereocenters. The van der Waals surface area contributed by atoms with E-state index < -0.39 is 0 Å². The summed E-state index contributed by atoms with van der Waals surface area (Å²) in [5, 5.41) is 2.65. The number of thioether (sulfide) groups is 1. The van der Waals surface area contributed by atoms with E-state index in [2.05, 4.69) is 17.0 Å². The smallest absolute Gasteiger partial charge is 0.307 e. The van der Waals surface area contributed by atoms with E-state index in [9.17, 15) is 9.59 Å². The monoisotopic (exact) mass is 219 g/mol. The van der Waals surface area contributed by atoms with Gasteiger partial charge >= 0.3 is 5.97 Å². The number of ether oxygens (including phenoxy) is 1. The van der Waals surface area contributed by atoms with E-state index in [4.69, 9.17) is 0 Å². The third-order valence-corrected chi connectivity index (χ3v) is 2.62. The summed E-state index contributed by atoms with van der Waals surface area (Å²) in [6.07, 6.45) is 1.31. The number of methoxy groups -OCH3 is 1. The molecule has 0 heterocycles. The van der Waals surface area contributed by atoms with Gasteiger partial charge in [-0.3, -0.25) is 9.59 Å². The van der Waals surface area contributed by atoms with Crippen molar-refractivity contribution < 1.29 is 14.3 Å². The lowest BCUT2D eigenvalue weighted by atomic mass is 10.4. The Balaban J connectivity index is 3.31. The first-order valence-corrected chi connectivity index (χ1v) is 5.77. The van der Waals surface area contributed by atoms with Crippen LogP contribution < -0.4 is 5.32 Å². The predicted octanol–water partition coefficient (Wildman–Crippen LogP) is 0.809. The average Bonchev–Trinajstić information content (AvgIpc) is 2.18. The Morgan fingerprint density at radius 1 is 1.43 bits per heavy atom. The molecule has 5 heteroatoms. The molecule has 0 aliphatic carbocycles. The molecule has 1 amide bonds. The van der Waals surface area contributed by atoms with Crippen molar-refractivity contribution in [3.8, 4) is 0 Å². The van der Waals surface area contributed by atoms with Crippen molar-refractivity contribution in [1.29, 1.82) is 0 Å². The van der Waals surface area contributed by atoms with Crippen molar-refractivity contribution in [3.05, 3.63) is 0 Å². The molecule has 4 nitrogen and oxygen atoms in total. The lowest BCUT2D eigenvalue weighted by molar-refractivity contribution is -0.140. The zero-order valence-electron chi connectivity index (χ0n) is 8.67. The third kappa shape index (κ3) is 7.91. The fraction of sp³-hybridized carbons (Fsp3) is 0.778. The first-order valence-electron chi connectivity index (χ1n) is 4.62. The fourth-order valence-corrected chi connectivity index (χ4v) is 1.49. The van der Waals surface area contributed by atoms with Gasteiger partial charge in [-0.1, -0.05) is 6.92 Å². The van der Waals surface area contributed by atoms with Gasteiger partial charge in [0, 0.05) is 6.54 Å². The quantitative estimate of drug-likeness (QED) is 0.508. The number of esters is 1. The van der Waals surface area contributed by atoms with E-state index in [1.54, 1.807) is 11.8 Å². The first kappa shape index (κ1) is 13.3. The number of carbonyl (C=O) groups is 2. The van der Waals surface area contributed by atoms with Crippen LogP contribution in [0, 0.1) is 0 Å². The Labute approximate surface area is 88.8 Å². The zero-order chi connectivity index (χ0) is 10.8. The molecule has 0 spiro atoms. The van der Waals surface area contributed by atoms with Crippen LogP contribution in [0.4, 0.5) is 0 Å². The van der Waals surface area contributed by atoms with Crippen LogP contribution in [0.5, 0.6) is 0 Å². The molecule has 0 aromatic rings. The van der Waals surface area contributed by atoms with Crippen LogP contribution in [0.2, 0.25) is 0 Å². The van der Waals surface area contributed by atoms with Gasteiger partial charge in [0.2, 0.25) is 5.91 Å². The number of hydrogen-bond donors (Lipinski definition) is 1. The molecule has 0 aromatic carbocycles. The van der Waals surface area contributed by atoms with Crippen LogP contribution in [0.15, 0.2) is 0 Å². The van der Waals surface area contributed by atoms with Gasteiger partial charge in [-0.15, -0.1) is 0 Å². The highest BCUT2D eigenvalue weighted by molar-refractivity contribution is 7.99. The molecular weight excluding hydrogens is 202 g/mol. The van der Waals surface area contributed by atoms with Crippen molar-refractivity contribution in [2.75, 3.05) is 25.2 Å². The normalized spacial score (nSPS) is 9.57. The van der Waals surface area contributed by atoms with E-state index in [-0.39, 0.29) is 18.3 Å². The maximum atomic E-state index is 11.1. The number of nitrogens with one attached hydrogen (secondary N) is 1. The molecule has 14 heavy (non-hydrogen) atoms. The van der Waals surface area contributed by atoms with Crippen molar-refractivity contribution in [2.45, 2.75) is 19.8 Å². The van der Waals surface area contributed by atoms with Gasteiger partial charge in [0.15, 0.2) is 0 Å². The molecule has 0 aliphatic heterocycles. The molecule has 0 saturated heterocycles. The van der Waals surface area contributed by atoms with E-state index in [1.807, 2.05) is 0 Å². The Morgan fingerprint density at radius 2 is 2.14 bits per heavy atom. The number of amides is 1. The van der Waals surface area contributed by atoms with Crippen molar-refractivity contribution in [2.24, 2.45) is 0 Å². The second-order valence-corrected chi connectivity index (χ2v) is 3.83. The lowest BCUT2D eigenvalue weighted by Crippen LogP contribution is -2.27. The van der Waals surface area contributed by atoms with E-state index in [0.29, 0.717) is 12.3 Å². The largest absolute Gasteiger partial charge is 0.469 e. The summed E-state index contributed by atoms with van der Waals surface area (Å²) in [5.74, 6) is 1.14. The zero-order valence-corrected chi connectivity index (χ0v) is 9.49. The Hall–Kier alpha value is -0.710. The van der Waals surface area contributed by atoms with E-state index >= 15 is 0 Å². The van der Waals surface area contributed by atoms with E-state index in [0.717, 1.165) is 12.2 Å². The first-order chi connectivity index (χ1) is 6.70. The maximum Gasteiger partial charge on any atom is 0.307 e. The van der Waals surface area contributed by atoms with Gasteiger partial charge in [0.1, 0.15) is 0 Å². The van der Waals surface area contributed by atoms with Gasteiger partial charge in [0.25, 0.3) is 0 Å². The molecule has 0 saturated carbocycles. The third-order valence-electron chi connectivity index (χ3n) is 1.46. The minimum atomic E-state index is -0.300. The Morgan fingerprint density at radius 3 is 2.71 bits per heavy atom. The van der Waals surface area contributed by atoms with Gasteiger partial charge in [-0.25, -0.2) is 0 Å². The maximum absolute atomic E-state index is 11.1. The highest BCUT2D eigenvalue weighted by atomic mass is 32.2. The highest BCUT2D eigenvalue weighted by Gasteiger charge is 2.03. The lowest BCUT2D eigenvalue weighted by Gasteiger charge is -2.03. The summed E-state index contributed by atoms with van der Waals surface area (Å²) in [7, 11) is 1.33. The predicted molar refractivity (Wildman–Crippen MR) is 57.3 cm³/mol. The number of carbonyl (C=O) groups excluding carboxylic acids is 2. The van der Waals surface area contributed by atoms with Crippen LogP contribution in [0.25, 0.3) is 0 Å². The van der Waals surface area contributed by atoms with Crippen molar-refractivity contribution >= 4 is 23.6 Å². The molecule has 0 bridgehead atoms. The van der Waals surface area contributed by atoms with Gasteiger partial charge in [-0.05, 0) is 12.2 Å². The van der Waals surface area contributed by atoms with Crippen LogP contribution in [-0.4, -0.2) is 37.0 Å². The Bertz CT molecular complexity index is 185. The molecule has 0 rings (SSSR count). The molecule has 0 fully saturated rings. The molecule has 0 radical (unpaired) electrons. The number of rotatable bonds is 7. The second kappa shape index (κ2) is 8.87. The second-order valence-electron chi connectivity index (χ2n) is 2.73. The Kier molecular flexibility index (Phi) is 8.42. The van der Waals surface area contributed by atoms with Gasteiger partial charge in [-0.2, -0.15) is 11.8 Å². The van der Waals surface area contributed by atoms with Crippen LogP contribution in [-0.2, 0) is 14.3 Å². The summed E-state index contributed by atoms with van der Waals surface area (Å²) in [6, 6.07) is 0. The summed E-state index contributed by atoms with van der Waals surface area (Å²) < 4.78 is 4.44. The minimum absolute atomic E-state index is 0.0210.